The molecule has 1 aromatic rings. The van der Waals surface area contributed by atoms with Crippen molar-refractivity contribution in [2.24, 2.45) is 5.92 Å². The molecule has 1 rings (SSSR count). The average Bonchev–Trinajstić information content (AvgIpc) is 2.60. The molecule has 0 radical (unpaired) electrons. The van der Waals surface area contributed by atoms with Crippen molar-refractivity contribution in [3.05, 3.63) is 65.3 Å². The number of esters is 1. The highest BCUT2D eigenvalue weighted by molar-refractivity contribution is 5.86. The van der Waals surface area contributed by atoms with Gasteiger partial charge in [-0.05, 0) is 70.4 Å². The first-order valence-corrected chi connectivity index (χ1v) is 9.66. The fourth-order valence-corrected chi connectivity index (χ4v) is 2.59. The lowest BCUT2D eigenvalue weighted by atomic mass is 10.0. The second-order valence-corrected chi connectivity index (χ2v) is 7.25. The van der Waals surface area contributed by atoms with Gasteiger partial charge in [0.2, 0.25) is 0 Å². The molecule has 1 aromatic carbocycles. The monoisotopic (exact) mass is 354 g/mol. The van der Waals surface area contributed by atoms with Crippen molar-refractivity contribution in [2.75, 3.05) is 6.61 Å². The molecular formula is C24H34O2. The van der Waals surface area contributed by atoms with Gasteiger partial charge in [-0.15, -0.1) is 0 Å². The number of hydrogen-bond acceptors (Lipinski definition) is 2. The Hall–Kier alpha value is -2.09. The summed E-state index contributed by atoms with van der Waals surface area (Å²) in [6, 6.07) is 9.77. The molecule has 0 N–H and O–H groups in total. The normalized spacial score (nSPS) is 12.8. The molecule has 0 saturated heterocycles. The van der Waals surface area contributed by atoms with Crippen molar-refractivity contribution >= 4 is 12.0 Å². The molecular weight excluding hydrogens is 320 g/mol. The molecule has 0 amide bonds. The Morgan fingerprint density at radius 1 is 1.04 bits per heavy atom. The molecule has 26 heavy (non-hydrogen) atoms. The summed E-state index contributed by atoms with van der Waals surface area (Å²) >= 11 is 0. The van der Waals surface area contributed by atoms with Crippen LogP contribution in [-0.4, -0.2) is 12.6 Å². The van der Waals surface area contributed by atoms with Crippen LogP contribution in [0.3, 0.4) is 0 Å². The fourth-order valence-electron chi connectivity index (χ4n) is 2.59. The van der Waals surface area contributed by atoms with Gasteiger partial charge in [0.15, 0.2) is 0 Å². The SMILES string of the molecule is CC(C)=CCC/C(C)=C/CCC(C)CCOC(=O)/C=C/c1ccccc1. The van der Waals surface area contributed by atoms with E-state index in [1.807, 2.05) is 30.3 Å². The van der Waals surface area contributed by atoms with Crippen LogP contribution in [0.5, 0.6) is 0 Å². The van der Waals surface area contributed by atoms with Gasteiger partial charge in [0, 0.05) is 6.08 Å². The van der Waals surface area contributed by atoms with E-state index in [1.165, 1.54) is 17.2 Å². The topological polar surface area (TPSA) is 26.3 Å². The molecule has 2 heteroatoms. The molecule has 1 unspecified atom stereocenters. The smallest absolute Gasteiger partial charge is 0.330 e. The van der Waals surface area contributed by atoms with E-state index in [0.717, 1.165) is 37.7 Å². The fraction of sp³-hybridized carbons (Fsp3) is 0.458. The third-order valence-corrected chi connectivity index (χ3v) is 4.31. The number of rotatable bonds is 11. The van der Waals surface area contributed by atoms with Crippen molar-refractivity contribution in [3.63, 3.8) is 0 Å². The first-order chi connectivity index (χ1) is 12.5. The third-order valence-electron chi connectivity index (χ3n) is 4.31. The maximum atomic E-state index is 11.7. The maximum absolute atomic E-state index is 11.7. The zero-order chi connectivity index (χ0) is 19.2. The molecule has 0 spiro atoms. The van der Waals surface area contributed by atoms with E-state index in [4.69, 9.17) is 4.74 Å². The van der Waals surface area contributed by atoms with Crippen LogP contribution in [0.2, 0.25) is 0 Å². The Balaban J connectivity index is 2.16. The Kier molecular flexibility index (Phi) is 11.1. The summed E-state index contributed by atoms with van der Waals surface area (Å²) in [4.78, 5) is 11.7. The lowest BCUT2D eigenvalue weighted by Gasteiger charge is -2.10. The Morgan fingerprint density at radius 3 is 2.46 bits per heavy atom. The average molecular weight is 355 g/mol. The molecule has 0 saturated carbocycles. The number of ether oxygens (including phenoxy) is 1. The van der Waals surface area contributed by atoms with E-state index in [2.05, 4.69) is 39.8 Å². The van der Waals surface area contributed by atoms with Crippen molar-refractivity contribution in [3.8, 4) is 0 Å². The summed E-state index contributed by atoms with van der Waals surface area (Å²) in [5.74, 6) is 0.291. The first kappa shape index (κ1) is 22.0. The van der Waals surface area contributed by atoms with Crippen molar-refractivity contribution in [2.45, 2.75) is 59.8 Å². The zero-order valence-corrected chi connectivity index (χ0v) is 16.8. The van der Waals surface area contributed by atoms with Crippen LogP contribution in [0.15, 0.2) is 59.7 Å². The molecule has 0 aliphatic rings. The van der Waals surface area contributed by atoms with Gasteiger partial charge in [0.05, 0.1) is 6.61 Å². The molecule has 0 bridgehead atoms. The van der Waals surface area contributed by atoms with Crippen LogP contribution in [0.25, 0.3) is 6.08 Å². The standard InChI is InChI=1S/C24H34O2/c1-20(2)10-8-11-21(3)12-9-13-22(4)18-19-26-24(25)17-16-23-14-6-5-7-15-23/h5-7,10,12,14-17,22H,8-9,11,13,18-19H2,1-4H3/b17-16+,21-12+. The summed E-state index contributed by atoms with van der Waals surface area (Å²) in [5, 5.41) is 0. The van der Waals surface area contributed by atoms with Gasteiger partial charge in [-0.1, -0.05) is 60.6 Å². The number of allylic oxidation sites excluding steroid dienone is 4. The zero-order valence-electron chi connectivity index (χ0n) is 16.8. The van der Waals surface area contributed by atoms with E-state index in [9.17, 15) is 4.79 Å². The van der Waals surface area contributed by atoms with E-state index in [-0.39, 0.29) is 5.97 Å². The summed E-state index contributed by atoms with van der Waals surface area (Å²) < 4.78 is 5.29. The largest absolute Gasteiger partial charge is 0.463 e. The third kappa shape index (κ3) is 11.5. The van der Waals surface area contributed by atoms with E-state index < -0.39 is 0 Å². The van der Waals surface area contributed by atoms with Crippen LogP contribution >= 0.6 is 0 Å². The maximum Gasteiger partial charge on any atom is 0.330 e. The van der Waals surface area contributed by atoms with Crippen LogP contribution in [-0.2, 0) is 9.53 Å². The highest BCUT2D eigenvalue weighted by Crippen LogP contribution is 2.14. The summed E-state index contributed by atoms with van der Waals surface area (Å²) in [7, 11) is 0. The van der Waals surface area contributed by atoms with Gasteiger partial charge >= 0.3 is 5.97 Å². The molecule has 142 valence electrons. The van der Waals surface area contributed by atoms with Gasteiger partial charge in [0.1, 0.15) is 0 Å². The summed E-state index contributed by atoms with van der Waals surface area (Å²) in [6.07, 6.45) is 13.4. The van der Waals surface area contributed by atoms with Gasteiger partial charge in [0.25, 0.3) is 0 Å². The number of hydrogen-bond donors (Lipinski definition) is 0. The lowest BCUT2D eigenvalue weighted by Crippen LogP contribution is -2.06. The van der Waals surface area contributed by atoms with Gasteiger partial charge in [-0.3, -0.25) is 0 Å². The minimum Gasteiger partial charge on any atom is -0.463 e. The van der Waals surface area contributed by atoms with E-state index >= 15 is 0 Å². The molecule has 1 atom stereocenters. The quantitative estimate of drug-likeness (QED) is 0.250. The minimum absolute atomic E-state index is 0.268. The molecule has 2 nitrogen and oxygen atoms in total. The number of carbonyl (C=O) groups excluding carboxylic acids is 1. The van der Waals surface area contributed by atoms with Crippen LogP contribution in [0, 0.1) is 5.92 Å². The molecule has 0 heterocycles. The van der Waals surface area contributed by atoms with Crippen LogP contribution in [0.4, 0.5) is 0 Å². The summed E-state index contributed by atoms with van der Waals surface area (Å²) in [5.41, 5.74) is 3.86. The summed E-state index contributed by atoms with van der Waals surface area (Å²) in [6.45, 7) is 9.21. The van der Waals surface area contributed by atoms with Crippen LogP contribution < -0.4 is 0 Å². The lowest BCUT2D eigenvalue weighted by molar-refractivity contribution is -0.138. The van der Waals surface area contributed by atoms with Crippen LogP contribution in [0.1, 0.15) is 65.4 Å². The first-order valence-electron chi connectivity index (χ1n) is 9.66. The number of carbonyl (C=O) groups is 1. The molecule has 0 aliphatic carbocycles. The predicted octanol–water partition coefficient (Wildman–Crippen LogP) is 6.74. The molecule has 0 aliphatic heterocycles. The van der Waals surface area contributed by atoms with E-state index in [0.29, 0.717) is 12.5 Å². The Bertz CT molecular complexity index is 604. The highest BCUT2D eigenvalue weighted by Gasteiger charge is 2.03. The van der Waals surface area contributed by atoms with Crippen molar-refractivity contribution in [1.29, 1.82) is 0 Å². The minimum atomic E-state index is -0.268. The van der Waals surface area contributed by atoms with Crippen molar-refractivity contribution in [1.82, 2.24) is 0 Å². The van der Waals surface area contributed by atoms with Gasteiger partial charge in [-0.2, -0.15) is 0 Å². The van der Waals surface area contributed by atoms with Crippen molar-refractivity contribution < 1.29 is 9.53 Å². The predicted molar refractivity (Wildman–Crippen MR) is 112 cm³/mol. The number of benzene rings is 1. The molecule has 0 aromatic heterocycles. The van der Waals surface area contributed by atoms with Gasteiger partial charge in [-0.25, -0.2) is 4.79 Å². The second-order valence-electron chi connectivity index (χ2n) is 7.25. The highest BCUT2D eigenvalue weighted by atomic mass is 16.5. The molecule has 0 fully saturated rings. The van der Waals surface area contributed by atoms with Gasteiger partial charge < -0.3 is 4.74 Å². The Labute approximate surface area is 159 Å². The van der Waals surface area contributed by atoms with E-state index in [1.54, 1.807) is 6.08 Å². The second kappa shape index (κ2) is 13.2. The Morgan fingerprint density at radius 2 is 1.77 bits per heavy atom.